The van der Waals surface area contributed by atoms with Crippen LogP contribution in [-0.2, 0) is 9.59 Å². The SMILES string of the molecule is N#Cc1nccnc1OC1CCN(C(=O)C2CC(=O)N(c3ccc(F)cc3)C2)C1. The van der Waals surface area contributed by atoms with E-state index in [2.05, 4.69) is 9.97 Å². The average Bonchev–Trinajstić information content (AvgIpc) is 3.35. The van der Waals surface area contributed by atoms with Gasteiger partial charge in [0.25, 0.3) is 5.88 Å². The maximum absolute atomic E-state index is 13.1. The molecule has 9 heteroatoms. The molecule has 0 spiro atoms. The summed E-state index contributed by atoms with van der Waals surface area (Å²) < 4.78 is 18.9. The Labute approximate surface area is 166 Å². The summed E-state index contributed by atoms with van der Waals surface area (Å²) in [6.45, 7) is 1.14. The summed E-state index contributed by atoms with van der Waals surface area (Å²) in [4.78, 5) is 36.4. The fourth-order valence-corrected chi connectivity index (χ4v) is 3.67. The summed E-state index contributed by atoms with van der Waals surface area (Å²) >= 11 is 0. The minimum Gasteiger partial charge on any atom is -0.470 e. The average molecular weight is 395 g/mol. The van der Waals surface area contributed by atoms with Gasteiger partial charge in [-0.05, 0) is 24.3 Å². The lowest BCUT2D eigenvalue weighted by Crippen LogP contribution is -2.37. The number of anilines is 1. The number of aromatic nitrogens is 2. The third kappa shape index (κ3) is 3.87. The van der Waals surface area contributed by atoms with Gasteiger partial charge in [-0.25, -0.2) is 14.4 Å². The van der Waals surface area contributed by atoms with Crippen molar-refractivity contribution in [2.45, 2.75) is 18.9 Å². The Balaban J connectivity index is 1.37. The molecule has 3 heterocycles. The maximum Gasteiger partial charge on any atom is 0.251 e. The lowest BCUT2D eigenvalue weighted by Gasteiger charge is -2.21. The van der Waals surface area contributed by atoms with Crippen LogP contribution in [0.1, 0.15) is 18.5 Å². The summed E-state index contributed by atoms with van der Waals surface area (Å²) in [6.07, 6.45) is 3.31. The number of carbonyl (C=O) groups excluding carboxylic acids is 2. The Bertz CT molecular complexity index is 975. The van der Waals surface area contributed by atoms with Crippen molar-refractivity contribution in [2.75, 3.05) is 24.5 Å². The molecule has 0 aliphatic carbocycles. The van der Waals surface area contributed by atoms with Crippen molar-refractivity contribution in [2.24, 2.45) is 5.92 Å². The van der Waals surface area contributed by atoms with Gasteiger partial charge in [-0.2, -0.15) is 5.26 Å². The van der Waals surface area contributed by atoms with Gasteiger partial charge in [0, 0.05) is 44.0 Å². The van der Waals surface area contributed by atoms with Gasteiger partial charge in [-0.15, -0.1) is 0 Å². The molecular formula is C20H18FN5O3. The second-order valence-corrected chi connectivity index (χ2v) is 7.02. The maximum atomic E-state index is 13.1. The lowest BCUT2D eigenvalue weighted by molar-refractivity contribution is -0.135. The highest BCUT2D eigenvalue weighted by Gasteiger charge is 2.39. The van der Waals surface area contributed by atoms with Crippen molar-refractivity contribution in [1.82, 2.24) is 14.9 Å². The summed E-state index contributed by atoms with van der Waals surface area (Å²) in [7, 11) is 0. The van der Waals surface area contributed by atoms with E-state index in [-0.39, 0.29) is 48.3 Å². The topological polar surface area (TPSA) is 99.4 Å². The zero-order valence-electron chi connectivity index (χ0n) is 15.5. The first-order valence-electron chi connectivity index (χ1n) is 9.27. The normalized spacial score (nSPS) is 21.3. The van der Waals surface area contributed by atoms with Gasteiger partial charge in [-0.1, -0.05) is 0 Å². The number of hydrogen-bond acceptors (Lipinski definition) is 6. The molecular weight excluding hydrogens is 377 g/mol. The number of halogens is 1. The number of carbonyl (C=O) groups is 2. The second kappa shape index (κ2) is 7.83. The molecule has 2 amide bonds. The zero-order valence-corrected chi connectivity index (χ0v) is 15.5. The first-order chi connectivity index (χ1) is 14.0. The van der Waals surface area contributed by atoms with E-state index < -0.39 is 5.92 Å². The molecule has 2 aliphatic heterocycles. The quantitative estimate of drug-likeness (QED) is 0.778. The van der Waals surface area contributed by atoms with Gasteiger partial charge in [0.1, 0.15) is 18.0 Å². The number of nitrogens with zero attached hydrogens (tertiary/aromatic N) is 5. The molecule has 0 radical (unpaired) electrons. The van der Waals surface area contributed by atoms with Crippen LogP contribution in [-0.4, -0.2) is 52.4 Å². The van der Waals surface area contributed by atoms with Crippen LogP contribution < -0.4 is 9.64 Å². The standard InChI is InChI=1S/C20H18FN5O3/c21-14-1-3-15(4-2-14)26-11-13(9-18(26)27)20(28)25-8-5-16(12-25)29-19-17(10-22)23-6-7-24-19/h1-4,6-7,13,16H,5,8-9,11-12H2. The van der Waals surface area contributed by atoms with E-state index >= 15 is 0 Å². The van der Waals surface area contributed by atoms with Gasteiger partial charge in [0.2, 0.25) is 17.5 Å². The first kappa shape index (κ1) is 18.8. The molecule has 2 aliphatic rings. The van der Waals surface area contributed by atoms with Gasteiger partial charge >= 0.3 is 0 Å². The number of amides is 2. The number of nitriles is 1. The predicted molar refractivity (Wildman–Crippen MR) is 99.2 cm³/mol. The van der Waals surface area contributed by atoms with Gasteiger partial charge < -0.3 is 14.5 Å². The van der Waals surface area contributed by atoms with Gasteiger partial charge in [-0.3, -0.25) is 9.59 Å². The number of likely N-dealkylation sites (tertiary alicyclic amines) is 1. The van der Waals surface area contributed by atoms with Crippen LogP contribution >= 0.6 is 0 Å². The lowest BCUT2D eigenvalue weighted by atomic mass is 10.1. The molecule has 29 heavy (non-hydrogen) atoms. The monoisotopic (exact) mass is 395 g/mol. The van der Waals surface area contributed by atoms with Crippen LogP contribution in [0, 0.1) is 23.1 Å². The van der Waals surface area contributed by atoms with Gasteiger partial charge in [0.05, 0.1) is 12.5 Å². The third-order valence-electron chi connectivity index (χ3n) is 5.12. The molecule has 2 unspecified atom stereocenters. The molecule has 0 bridgehead atoms. The van der Waals surface area contributed by atoms with Gasteiger partial charge in [0.15, 0.2) is 0 Å². The summed E-state index contributed by atoms with van der Waals surface area (Å²) in [5.41, 5.74) is 0.689. The van der Waals surface area contributed by atoms with E-state index in [0.29, 0.717) is 25.2 Å². The molecule has 2 aromatic rings. The smallest absolute Gasteiger partial charge is 0.251 e. The number of hydrogen-bond donors (Lipinski definition) is 0. The Hall–Kier alpha value is -3.54. The largest absolute Gasteiger partial charge is 0.470 e. The van der Waals surface area contributed by atoms with Crippen molar-refractivity contribution in [3.05, 3.63) is 48.2 Å². The highest BCUT2D eigenvalue weighted by molar-refractivity contribution is 6.00. The van der Waals surface area contributed by atoms with E-state index in [1.54, 1.807) is 4.90 Å². The predicted octanol–water partition coefficient (Wildman–Crippen LogP) is 1.52. The van der Waals surface area contributed by atoms with E-state index in [1.807, 2.05) is 6.07 Å². The second-order valence-electron chi connectivity index (χ2n) is 7.02. The summed E-state index contributed by atoms with van der Waals surface area (Å²) in [5.74, 6) is -0.919. The fraction of sp³-hybridized carbons (Fsp3) is 0.350. The highest BCUT2D eigenvalue weighted by atomic mass is 19.1. The summed E-state index contributed by atoms with van der Waals surface area (Å²) in [5, 5.41) is 9.08. The van der Waals surface area contributed by atoms with Crippen LogP contribution in [0.25, 0.3) is 0 Å². The van der Waals surface area contributed by atoms with Crippen LogP contribution in [0.5, 0.6) is 5.88 Å². The zero-order chi connectivity index (χ0) is 20.4. The first-order valence-corrected chi connectivity index (χ1v) is 9.27. The van der Waals surface area contributed by atoms with Crippen LogP contribution in [0.4, 0.5) is 10.1 Å². The molecule has 1 aromatic heterocycles. The molecule has 0 saturated carbocycles. The fourth-order valence-electron chi connectivity index (χ4n) is 3.67. The Kier molecular flexibility index (Phi) is 5.08. The number of ether oxygens (including phenoxy) is 1. The van der Waals surface area contributed by atoms with Crippen LogP contribution in [0.15, 0.2) is 36.7 Å². The van der Waals surface area contributed by atoms with E-state index in [9.17, 15) is 14.0 Å². The Morgan fingerprint density at radius 3 is 2.72 bits per heavy atom. The molecule has 148 valence electrons. The Morgan fingerprint density at radius 1 is 1.21 bits per heavy atom. The summed E-state index contributed by atoms with van der Waals surface area (Å²) in [6, 6.07) is 7.59. The van der Waals surface area contributed by atoms with Crippen molar-refractivity contribution in [3.8, 4) is 11.9 Å². The number of rotatable bonds is 4. The highest BCUT2D eigenvalue weighted by Crippen LogP contribution is 2.28. The number of benzene rings is 1. The van der Waals surface area contributed by atoms with E-state index in [1.165, 1.54) is 41.6 Å². The Morgan fingerprint density at radius 2 is 1.97 bits per heavy atom. The van der Waals surface area contributed by atoms with E-state index in [4.69, 9.17) is 10.00 Å². The third-order valence-corrected chi connectivity index (χ3v) is 5.12. The molecule has 0 N–H and O–H groups in total. The van der Waals surface area contributed by atoms with Crippen LogP contribution in [0.2, 0.25) is 0 Å². The molecule has 2 atom stereocenters. The molecule has 8 nitrogen and oxygen atoms in total. The van der Waals surface area contributed by atoms with Crippen molar-refractivity contribution in [1.29, 1.82) is 5.26 Å². The van der Waals surface area contributed by atoms with Crippen molar-refractivity contribution < 1.29 is 18.7 Å². The van der Waals surface area contributed by atoms with Crippen molar-refractivity contribution in [3.63, 3.8) is 0 Å². The van der Waals surface area contributed by atoms with Crippen LogP contribution in [0.3, 0.4) is 0 Å². The molecule has 2 fully saturated rings. The minimum atomic E-state index is -0.447. The minimum absolute atomic E-state index is 0.103. The van der Waals surface area contributed by atoms with Crippen molar-refractivity contribution >= 4 is 17.5 Å². The molecule has 2 saturated heterocycles. The molecule has 1 aromatic carbocycles. The van der Waals surface area contributed by atoms with E-state index in [0.717, 1.165) is 0 Å². The molecule has 4 rings (SSSR count).